The van der Waals surface area contributed by atoms with Crippen molar-refractivity contribution in [2.24, 2.45) is 0 Å². The number of hydrogen-bond donors (Lipinski definition) is 1. The highest BCUT2D eigenvalue weighted by atomic mass is 32.2. The average molecular weight is 253 g/mol. The second-order valence-electron chi connectivity index (χ2n) is 5.76. The van der Waals surface area contributed by atoms with E-state index < -0.39 is 9.84 Å². The molecule has 0 aromatic heterocycles. The van der Waals surface area contributed by atoms with Crippen LogP contribution in [0.3, 0.4) is 0 Å². The van der Waals surface area contributed by atoms with Crippen LogP contribution in [0.1, 0.15) is 33.3 Å². The fraction of sp³-hybridized carbons (Fsp3) is 0.538. The summed E-state index contributed by atoms with van der Waals surface area (Å²) in [5.41, 5.74) is 1.79. The van der Waals surface area contributed by atoms with Gasteiger partial charge in [-0.25, -0.2) is 8.42 Å². The van der Waals surface area contributed by atoms with Gasteiger partial charge in [-0.3, -0.25) is 0 Å². The SMILES string of the molecule is CC1CS(=O)(=O)c2cccc(C(C)(C)C)c2N1. The summed E-state index contributed by atoms with van der Waals surface area (Å²) >= 11 is 0. The highest BCUT2D eigenvalue weighted by molar-refractivity contribution is 7.91. The fourth-order valence-electron chi connectivity index (χ4n) is 2.27. The summed E-state index contributed by atoms with van der Waals surface area (Å²) in [6.07, 6.45) is 0. The highest BCUT2D eigenvalue weighted by Crippen LogP contribution is 2.37. The largest absolute Gasteiger partial charge is 0.380 e. The number of rotatable bonds is 0. The summed E-state index contributed by atoms with van der Waals surface area (Å²) in [6.45, 7) is 8.18. The first-order valence-electron chi connectivity index (χ1n) is 5.84. The van der Waals surface area contributed by atoms with Crippen molar-refractivity contribution in [3.63, 3.8) is 0 Å². The van der Waals surface area contributed by atoms with Crippen LogP contribution < -0.4 is 5.32 Å². The van der Waals surface area contributed by atoms with Crippen molar-refractivity contribution in [2.45, 2.75) is 44.0 Å². The zero-order chi connectivity index (χ0) is 12.8. The average Bonchev–Trinajstić information content (AvgIpc) is 2.13. The van der Waals surface area contributed by atoms with E-state index in [1.54, 1.807) is 6.07 Å². The minimum Gasteiger partial charge on any atom is -0.380 e. The zero-order valence-corrected chi connectivity index (χ0v) is 11.6. The van der Waals surface area contributed by atoms with Gasteiger partial charge in [-0.15, -0.1) is 0 Å². The summed E-state index contributed by atoms with van der Waals surface area (Å²) in [7, 11) is -3.14. The lowest BCUT2D eigenvalue weighted by Gasteiger charge is -2.30. The summed E-state index contributed by atoms with van der Waals surface area (Å²) in [6, 6.07) is 5.49. The van der Waals surface area contributed by atoms with E-state index in [0.717, 1.165) is 11.3 Å². The lowest BCUT2D eigenvalue weighted by molar-refractivity contribution is 0.577. The molecule has 1 atom stereocenters. The van der Waals surface area contributed by atoms with E-state index >= 15 is 0 Å². The van der Waals surface area contributed by atoms with Crippen molar-refractivity contribution in [3.8, 4) is 0 Å². The van der Waals surface area contributed by atoms with Gasteiger partial charge in [0.15, 0.2) is 9.84 Å². The van der Waals surface area contributed by atoms with E-state index in [-0.39, 0.29) is 17.2 Å². The molecule has 0 spiro atoms. The molecular weight excluding hydrogens is 234 g/mol. The quantitative estimate of drug-likeness (QED) is 0.773. The van der Waals surface area contributed by atoms with Gasteiger partial charge in [-0.05, 0) is 24.0 Å². The van der Waals surface area contributed by atoms with Crippen LogP contribution in [0.4, 0.5) is 5.69 Å². The van der Waals surface area contributed by atoms with E-state index in [1.165, 1.54) is 0 Å². The summed E-state index contributed by atoms with van der Waals surface area (Å²) < 4.78 is 24.2. The Morgan fingerprint density at radius 2 is 1.94 bits per heavy atom. The maximum atomic E-state index is 12.1. The molecule has 1 aromatic carbocycles. The predicted octanol–water partition coefficient (Wildman–Crippen LogP) is 2.57. The second kappa shape index (κ2) is 3.73. The van der Waals surface area contributed by atoms with E-state index in [1.807, 2.05) is 19.1 Å². The Bertz CT molecular complexity index is 541. The van der Waals surface area contributed by atoms with Crippen LogP contribution in [0.25, 0.3) is 0 Å². The first kappa shape index (κ1) is 12.4. The van der Waals surface area contributed by atoms with E-state index in [4.69, 9.17) is 0 Å². The molecule has 2 rings (SSSR count). The summed E-state index contributed by atoms with van der Waals surface area (Å²) in [4.78, 5) is 0.447. The molecule has 0 fully saturated rings. The van der Waals surface area contributed by atoms with Gasteiger partial charge in [0.2, 0.25) is 0 Å². The summed E-state index contributed by atoms with van der Waals surface area (Å²) in [5.74, 6) is 0.174. The molecule has 94 valence electrons. The number of sulfone groups is 1. The Labute approximate surface area is 103 Å². The maximum Gasteiger partial charge on any atom is 0.182 e. The van der Waals surface area contributed by atoms with E-state index in [0.29, 0.717) is 4.90 Å². The van der Waals surface area contributed by atoms with Gasteiger partial charge in [0, 0.05) is 6.04 Å². The summed E-state index contributed by atoms with van der Waals surface area (Å²) in [5, 5.41) is 3.31. The van der Waals surface area contributed by atoms with Gasteiger partial charge in [-0.2, -0.15) is 0 Å². The van der Waals surface area contributed by atoms with Crippen molar-refractivity contribution in [3.05, 3.63) is 23.8 Å². The minimum absolute atomic E-state index is 0.0315. The fourth-order valence-corrected chi connectivity index (χ4v) is 3.96. The molecular formula is C13H19NO2S. The maximum absolute atomic E-state index is 12.1. The molecule has 4 heteroatoms. The lowest BCUT2D eigenvalue weighted by atomic mass is 9.85. The van der Waals surface area contributed by atoms with Gasteiger partial charge in [0.25, 0.3) is 0 Å². The van der Waals surface area contributed by atoms with E-state index in [9.17, 15) is 8.42 Å². The molecule has 0 radical (unpaired) electrons. The van der Waals surface area contributed by atoms with Crippen LogP contribution in [0.15, 0.2) is 23.1 Å². The van der Waals surface area contributed by atoms with Crippen LogP contribution >= 0.6 is 0 Å². The molecule has 0 bridgehead atoms. The van der Waals surface area contributed by atoms with Gasteiger partial charge < -0.3 is 5.32 Å². The van der Waals surface area contributed by atoms with Crippen molar-refractivity contribution < 1.29 is 8.42 Å². The van der Waals surface area contributed by atoms with E-state index in [2.05, 4.69) is 26.1 Å². The molecule has 17 heavy (non-hydrogen) atoms. The van der Waals surface area contributed by atoms with Crippen molar-refractivity contribution >= 4 is 15.5 Å². The molecule has 0 saturated carbocycles. The topological polar surface area (TPSA) is 46.2 Å². The minimum atomic E-state index is -3.14. The lowest BCUT2D eigenvalue weighted by Crippen LogP contribution is -2.33. The van der Waals surface area contributed by atoms with Crippen molar-refractivity contribution in [1.29, 1.82) is 0 Å². The molecule has 1 N–H and O–H groups in total. The predicted molar refractivity (Wildman–Crippen MR) is 70.3 cm³/mol. The number of nitrogens with one attached hydrogen (secondary N) is 1. The zero-order valence-electron chi connectivity index (χ0n) is 10.7. The van der Waals surface area contributed by atoms with Crippen LogP contribution in [-0.4, -0.2) is 20.2 Å². The molecule has 0 aliphatic carbocycles. The van der Waals surface area contributed by atoms with Crippen LogP contribution in [-0.2, 0) is 15.3 Å². The third-order valence-corrected chi connectivity index (χ3v) is 4.98. The number of benzene rings is 1. The third kappa shape index (κ3) is 2.18. The molecule has 0 amide bonds. The Balaban J connectivity index is 2.71. The number of hydrogen-bond acceptors (Lipinski definition) is 3. The molecule has 1 aromatic rings. The van der Waals surface area contributed by atoms with Crippen molar-refractivity contribution in [2.75, 3.05) is 11.1 Å². The Kier molecular flexibility index (Phi) is 2.73. The first-order valence-corrected chi connectivity index (χ1v) is 7.50. The normalized spacial score (nSPS) is 22.7. The second-order valence-corrected chi connectivity index (χ2v) is 7.76. The smallest absolute Gasteiger partial charge is 0.182 e. The standard InChI is InChI=1S/C13H19NO2S/c1-9-8-17(15,16)11-7-5-6-10(12(11)14-9)13(2,3)4/h5-7,9,14H,8H2,1-4H3. The van der Waals surface area contributed by atoms with Crippen LogP contribution in [0, 0.1) is 0 Å². The Hall–Kier alpha value is -1.03. The Morgan fingerprint density at radius 3 is 2.53 bits per heavy atom. The molecule has 1 aliphatic rings. The molecule has 1 aliphatic heterocycles. The number of fused-ring (bicyclic) bond motifs is 1. The van der Waals surface area contributed by atoms with Gasteiger partial charge in [-0.1, -0.05) is 32.9 Å². The molecule has 0 saturated heterocycles. The third-order valence-electron chi connectivity index (χ3n) is 3.03. The molecule has 3 nitrogen and oxygen atoms in total. The van der Waals surface area contributed by atoms with Crippen LogP contribution in [0.5, 0.6) is 0 Å². The number of para-hydroxylation sites is 1. The van der Waals surface area contributed by atoms with Gasteiger partial charge in [0.05, 0.1) is 16.3 Å². The first-order chi connectivity index (χ1) is 7.72. The molecule has 1 heterocycles. The van der Waals surface area contributed by atoms with Crippen LogP contribution in [0.2, 0.25) is 0 Å². The molecule has 1 unspecified atom stereocenters. The van der Waals surface area contributed by atoms with Gasteiger partial charge >= 0.3 is 0 Å². The van der Waals surface area contributed by atoms with Crippen molar-refractivity contribution in [1.82, 2.24) is 0 Å². The number of anilines is 1. The Morgan fingerprint density at radius 1 is 1.29 bits per heavy atom. The highest BCUT2D eigenvalue weighted by Gasteiger charge is 2.31. The monoisotopic (exact) mass is 253 g/mol. The van der Waals surface area contributed by atoms with Gasteiger partial charge in [0.1, 0.15) is 0 Å².